The van der Waals surface area contributed by atoms with Crippen molar-refractivity contribution >= 4 is 58.6 Å². The molecule has 0 aliphatic carbocycles. The number of fused-ring (bicyclic) bond motifs is 1. The lowest BCUT2D eigenvalue weighted by Crippen LogP contribution is -2.71. The molecule has 2 aromatic rings. The van der Waals surface area contributed by atoms with Crippen LogP contribution in [0.4, 0.5) is 0 Å². The second-order valence-corrected chi connectivity index (χ2v) is 11.6. The fourth-order valence-corrected chi connectivity index (χ4v) is 7.05. The van der Waals surface area contributed by atoms with Crippen molar-refractivity contribution in [3.05, 3.63) is 52.2 Å². The van der Waals surface area contributed by atoms with E-state index < -0.39 is 47.6 Å². The average molecular weight is 565 g/mol. The number of nitrogens with one attached hydrogen (secondary N) is 1. The molecule has 2 unspecified atom stereocenters. The molecule has 4 rings (SSSR count). The number of carbonyl (C=O) groups excluding carboxylic acids is 4. The van der Waals surface area contributed by atoms with Crippen molar-refractivity contribution in [2.75, 3.05) is 11.5 Å². The van der Waals surface area contributed by atoms with Gasteiger partial charge in [0.1, 0.15) is 22.1 Å². The molecule has 2 amide bonds. The summed E-state index contributed by atoms with van der Waals surface area (Å²) in [6.45, 7) is 4.43. The van der Waals surface area contributed by atoms with Gasteiger partial charge in [-0.25, -0.2) is 4.79 Å². The van der Waals surface area contributed by atoms with E-state index in [1.165, 1.54) is 53.6 Å². The maximum Gasteiger partial charge on any atom is 0.358 e. The normalized spacial score (nSPS) is 20.4. The Labute approximate surface area is 225 Å². The van der Waals surface area contributed by atoms with Gasteiger partial charge in [0.25, 0.3) is 11.8 Å². The summed E-state index contributed by atoms with van der Waals surface area (Å²) >= 11 is 4.18. The van der Waals surface area contributed by atoms with Gasteiger partial charge >= 0.3 is 11.9 Å². The number of hydrogen-bond acceptors (Lipinski definition) is 12. The van der Waals surface area contributed by atoms with Gasteiger partial charge < -0.3 is 19.9 Å². The molecule has 3 heterocycles. The summed E-state index contributed by atoms with van der Waals surface area (Å²) in [7, 11) is 0. The van der Waals surface area contributed by atoms with Crippen molar-refractivity contribution < 1.29 is 33.8 Å². The third-order valence-electron chi connectivity index (χ3n) is 5.38. The number of thioether (sulfide) groups is 2. The van der Waals surface area contributed by atoms with Crippen LogP contribution < -0.4 is 5.32 Å². The Hall–Kier alpha value is -2.94. The molecule has 1 saturated heterocycles. The van der Waals surface area contributed by atoms with Gasteiger partial charge in [0, 0.05) is 25.4 Å². The van der Waals surface area contributed by atoms with Crippen LogP contribution in [-0.4, -0.2) is 73.2 Å². The van der Waals surface area contributed by atoms with Crippen molar-refractivity contribution in [1.29, 1.82) is 0 Å². The van der Waals surface area contributed by atoms with E-state index in [4.69, 9.17) is 9.47 Å². The summed E-state index contributed by atoms with van der Waals surface area (Å²) in [6, 6.07) is 7.45. The Morgan fingerprint density at radius 2 is 1.97 bits per heavy atom. The van der Waals surface area contributed by atoms with Crippen LogP contribution >= 0.6 is 34.9 Å². The topological polar surface area (TPSA) is 148 Å². The second-order valence-electron chi connectivity index (χ2n) is 8.12. The van der Waals surface area contributed by atoms with E-state index in [9.17, 15) is 24.3 Å². The third kappa shape index (κ3) is 6.14. The van der Waals surface area contributed by atoms with E-state index in [2.05, 4.69) is 15.5 Å². The molecule has 1 aromatic carbocycles. The van der Waals surface area contributed by atoms with Crippen LogP contribution in [-0.2, 0) is 28.7 Å². The molecule has 1 aromatic heterocycles. The van der Waals surface area contributed by atoms with Crippen molar-refractivity contribution in [3.63, 3.8) is 0 Å². The van der Waals surface area contributed by atoms with E-state index in [1.54, 1.807) is 30.3 Å². The molecule has 14 heteroatoms. The zero-order chi connectivity index (χ0) is 26.7. The highest BCUT2D eigenvalue weighted by Crippen LogP contribution is 2.42. The lowest BCUT2D eigenvalue weighted by molar-refractivity contribution is -0.182. The Bertz CT molecular complexity index is 1240. The first-order valence-corrected chi connectivity index (χ1v) is 14.0. The average Bonchev–Trinajstić information content (AvgIpc) is 3.29. The van der Waals surface area contributed by atoms with E-state index >= 15 is 0 Å². The standard InChI is InChI=1S/C23H24N4O7S3/c1-11-25-26-23(37-11)36-10-15-9-35-21-16(24-19(30)18(29)14-7-5-4-6-8-14)20(31)27(21)17(15)22(32)34-13(3)33-12(2)28/h4-8,13,16,18,21,29H,9-10H2,1-3H3,(H,24,30)/t13?,16?,18-,21-/m1/s1. The first kappa shape index (κ1) is 27.1. The molecular weight excluding hydrogens is 540 g/mol. The highest BCUT2D eigenvalue weighted by atomic mass is 32.2. The number of nitrogens with zero attached hydrogens (tertiary/aromatic N) is 3. The van der Waals surface area contributed by atoms with E-state index in [0.29, 0.717) is 27.0 Å². The van der Waals surface area contributed by atoms with Crippen molar-refractivity contribution in [3.8, 4) is 0 Å². The molecule has 2 N–H and O–H groups in total. The number of rotatable bonds is 9. The largest absolute Gasteiger partial charge is 0.426 e. The van der Waals surface area contributed by atoms with Crippen molar-refractivity contribution in [2.24, 2.45) is 0 Å². The highest BCUT2D eigenvalue weighted by molar-refractivity contribution is 8.01. The van der Waals surface area contributed by atoms with Gasteiger partial charge in [-0.3, -0.25) is 19.3 Å². The monoisotopic (exact) mass is 564 g/mol. The third-order valence-corrected chi connectivity index (χ3v) is 8.78. The smallest absolute Gasteiger partial charge is 0.358 e. The predicted octanol–water partition coefficient (Wildman–Crippen LogP) is 1.78. The number of ether oxygens (including phenoxy) is 2. The molecule has 4 atom stereocenters. The summed E-state index contributed by atoms with van der Waals surface area (Å²) in [5.41, 5.74) is 1.09. The minimum absolute atomic E-state index is 0.0515. The van der Waals surface area contributed by atoms with Crippen LogP contribution in [0.2, 0.25) is 0 Å². The van der Waals surface area contributed by atoms with Crippen LogP contribution in [0.5, 0.6) is 0 Å². The summed E-state index contributed by atoms with van der Waals surface area (Å²) < 4.78 is 10.9. The quantitative estimate of drug-likeness (QED) is 0.199. The van der Waals surface area contributed by atoms with Crippen molar-refractivity contribution in [1.82, 2.24) is 20.4 Å². The number of aliphatic hydroxyl groups excluding tert-OH is 1. The Morgan fingerprint density at radius 3 is 2.62 bits per heavy atom. The molecule has 11 nitrogen and oxygen atoms in total. The number of β-lactam (4-membered cyclic amide) rings is 1. The molecule has 0 saturated carbocycles. The van der Waals surface area contributed by atoms with Gasteiger partial charge in [0.05, 0.1) is 0 Å². The van der Waals surface area contributed by atoms with Gasteiger partial charge in [-0.05, 0) is 18.1 Å². The van der Waals surface area contributed by atoms with E-state index in [-0.39, 0.29) is 5.70 Å². The Kier molecular flexibility index (Phi) is 8.52. The van der Waals surface area contributed by atoms with Crippen molar-refractivity contribution in [2.45, 2.75) is 48.9 Å². The van der Waals surface area contributed by atoms with E-state index in [0.717, 1.165) is 5.01 Å². The highest BCUT2D eigenvalue weighted by Gasteiger charge is 2.54. The number of aryl methyl sites for hydroxylation is 1. The van der Waals surface area contributed by atoms with Gasteiger partial charge in [0.15, 0.2) is 10.4 Å². The number of aliphatic hydroxyl groups is 1. The zero-order valence-corrected chi connectivity index (χ0v) is 22.5. The van der Waals surface area contributed by atoms with Gasteiger partial charge in [-0.15, -0.1) is 22.0 Å². The number of benzene rings is 1. The molecule has 0 spiro atoms. The second kappa shape index (κ2) is 11.6. The lowest BCUT2D eigenvalue weighted by Gasteiger charge is -2.49. The Balaban J connectivity index is 1.51. The zero-order valence-electron chi connectivity index (χ0n) is 20.1. The van der Waals surface area contributed by atoms with Crippen LogP contribution in [0.3, 0.4) is 0 Å². The lowest BCUT2D eigenvalue weighted by atomic mass is 10.0. The molecular formula is C23H24N4O7S3. The van der Waals surface area contributed by atoms with Crippen LogP contribution in [0.1, 0.15) is 30.5 Å². The molecule has 196 valence electrons. The van der Waals surface area contributed by atoms with Crippen LogP contribution in [0.15, 0.2) is 45.9 Å². The molecule has 2 aliphatic rings. The first-order chi connectivity index (χ1) is 17.7. The number of hydrogen-bond donors (Lipinski definition) is 2. The maximum atomic E-state index is 13.2. The SMILES string of the molecule is CC(=O)OC(C)OC(=O)C1=C(CSc2nnc(C)s2)CS[C@@H]2C(NC(=O)[C@H](O)c3ccccc3)C(=O)N12. The van der Waals surface area contributed by atoms with Gasteiger partial charge in [-0.1, -0.05) is 53.4 Å². The van der Waals surface area contributed by atoms with Crippen LogP contribution in [0, 0.1) is 6.92 Å². The molecule has 2 aliphatic heterocycles. The van der Waals surface area contributed by atoms with Crippen LogP contribution in [0.25, 0.3) is 0 Å². The minimum atomic E-state index is -1.44. The predicted molar refractivity (Wildman–Crippen MR) is 136 cm³/mol. The van der Waals surface area contributed by atoms with Gasteiger partial charge in [-0.2, -0.15) is 0 Å². The molecule has 0 bridgehead atoms. The number of carbonyl (C=O) groups is 4. The molecule has 1 fully saturated rings. The fraction of sp³-hybridized carbons (Fsp3) is 0.391. The number of amides is 2. The summed E-state index contributed by atoms with van der Waals surface area (Å²) in [6.07, 6.45) is -2.60. The minimum Gasteiger partial charge on any atom is -0.426 e. The molecule has 37 heavy (non-hydrogen) atoms. The fourth-order valence-electron chi connectivity index (χ4n) is 3.75. The summed E-state index contributed by atoms with van der Waals surface area (Å²) in [5.74, 6) is -1.91. The maximum absolute atomic E-state index is 13.2. The Morgan fingerprint density at radius 1 is 1.24 bits per heavy atom. The number of aromatic nitrogens is 2. The van der Waals surface area contributed by atoms with E-state index in [1.807, 2.05) is 6.92 Å². The summed E-state index contributed by atoms with van der Waals surface area (Å²) in [5, 5.41) is 21.3. The summed E-state index contributed by atoms with van der Waals surface area (Å²) in [4.78, 5) is 51.5. The first-order valence-electron chi connectivity index (χ1n) is 11.2. The molecule has 0 radical (unpaired) electrons. The number of esters is 2. The van der Waals surface area contributed by atoms with Gasteiger partial charge in [0.2, 0.25) is 6.29 Å².